The third-order valence-electron chi connectivity index (χ3n) is 4.50. The van der Waals surface area contributed by atoms with E-state index in [2.05, 4.69) is 22.0 Å². The molecule has 0 aromatic heterocycles. The van der Waals surface area contributed by atoms with E-state index in [-0.39, 0.29) is 5.92 Å². The lowest BCUT2D eigenvalue weighted by Gasteiger charge is -2.32. The smallest absolute Gasteiger partial charge is 0.226 e. The van der Waals surface area contributed by atoms with Crippen molar-refractivity contribution in [2.75, 3.05) is 39.3 Å². The van der Waals surface area contributed by atoms with Crippen molar-refractivity contribution in [3.63, 3.8) is 0 Å². The van der Waals surface area contributed by atoms with Crippen molar-refractivity contribution in [1.29, 1.82) is 0 Å². The van der Waals surface area contributed by atoms with E-state index < -0.39 is 0 Å². The number of nitrogens with zero attached hydrogens (tertiary/aromatic N) is 2. The summed E-state index contributed by atoms with van der Waals surface area (Å²) in [5.74, 6) is 0.445. The van der Waals surface area contributed by atoms with Crippen molar-refractivity contribution in [2.45, 2.75) is 45.6 Å². The maximum atomic E-state index is 12.3. The fourth-order valence-corrected chi connectivity index (χ4v) is 3.28. The predicted octanol–water partition coefficient (Wildman–Crippen LogP) is 1.32. The first kappa shape index (κ1) is 14.8. The van der Waals surface area contributed by atoms with Crippen molar-refractivity contribution in [2.24, 2.45) is 5.92 Å². The molecule has 2 unspecified atom stereocenters. The monoisotopic (exact) mass is 267 g/mol. The molecule has 4 heteroatoms. The molecule has 0 radical (unpaired) electrons. The maximum absolute atomic E-state index is 12.3. The molecule has 1 amide bonds. The molecule has 2 atom stereocenters. The van der Waals surface area contributed by atoms with Crippen LogP contribution in [0.25, 0.3) is 0 Å². The highest BCUT2D eigenvalue weighted by Gasteiger charge is 2.32. The van der Waals surface area contributed by atoms with Crippen LogP contribution in [0, 0.1) is 5.92 Å². The quantitative estimate of drug-likeness (QED) is 0.816. The number of piperidine rings is 1. The molecule has 110 valence electrons. The Hall–Kier alpha value is -0.610. The van der Waals surface area contributed by atoms with Crippen molar-refractivity contribution in [1.82, 2.24) is 15.1 Å². The second-order valence-electron chi connectivity index (χ2n) is 6.03. The summed E-state index contributed by atoms with van der Waals surface area (Å²) in [6, 6.07) is 0.621. The SMILES string of the molecule is CCNCC(C)C(=O)N1CCC(N2CCCCC2)C1. The van der Waals surface area contributed by atoms with Gasteiger partial charge in [0.1, 0.15) is 0 Å². The molecular formula is C15H29N3O. The van der Waals surface area contributed by atoms with Crippen LogP contribution in [0.2, 0.25) is 0 Å². The molecule has 0 bridgehead atoms. The first-order chi connectivity index (χ1) is 9.22. The van der Waals surface area contributed by atoms with Gasteiger partial charge in [0.25, 0.3) is 0 Å². The van der Waals surface area contributed by atoms with Crippen LogP contribution in [0.5, 0.6) is 0 Å². The molecule has 0 spiro atoms. The number of carbonyl (C=O) groups is 1. The van der Waals surface area contributed by atoms with Gasteiger partial charge in [-0.15, -0.1) is 0 Å². The van der Waals surface area contributed by atoms with Gasteiger partial charge in [-0.05, 0) is 38.9 Å². The summed E-state index contributed by atoms with van der Waals surface area (Å²) >= 11 is 0. The van der Waals surface area contributed by atoms with E-state index in [9.17, 15) is 4.79 Å². The molecule has 2 fully saturated rings. The summed E-state index contributed by atoms with van der Waals surface area (Å²) in [6.07, 6.45) is 5.22. The molecule has 1 N–H and O–H groups in total. The Morgan fingerprint density at radius 2 is 2.00 bits per heavy atom. The molecule has 0 aliphatic carbocycles. The molecule has 2 heterocycles. The molecule has 4 nitrogen and oxygen atoms in total. The van der Waals surface area contributed by atoms with Gasteiger partial charge in [0.05, 0.1) is 0 Å². The van der Waals surface area contributed by atoms with Gasteiger partial charge in [-0.1, -0.05) is 20.3 Å². The number of hydrogen-bond acceptors (Lipinski definition) is 3. The van der Waals surface area contributed by atoms with Gasteiger partial charge in [0.15, 0.2) is 0 Å². The van der Waals surface area contributed by atoms with E-state index in [4.69, 9.17) is 0 Å². The zero-order valence-corrected chi connectivity index (χ0v) is 12.5. The number of likely N-dealkylation sites (tertiary alicyclic amines) is 2. The lowest BCUT2D eigenvalue weighted by molar-refractivity contribution is -0.134. The molecule has 0 aromatic carbocycles. The lowest BCUT2D eigenvalue weighted by Crippen LogP contribution is -2.43. The van der Waals surface area contributed by atoms with Gasteiger partial charge in [0.2, 0.25) is 5.91 Å². The third kappa shape index (κ3) is 3.93. The molecule has 2 rings (SSSR count). The Balaban J connectivity index is 1.78. The van der Waals surface area contributed by atoms with Crippen molar-refractivity contribution >= 4 is 5.91 Å². The van der Waals surface area contributed by atoms with Crippen LogP contribution in [-0.2, 0) is 4.79 Å². The summed E-state index contributed by atoms with van der Waals surface area (Å²) in [6.45, 7) is 10.2. The highest BCUT2D eigenvalue weighted by Crippen LogP contribution is 2.21. The van der Waals surface area contributed by atoms with Crippen LogP contribution in [0.4, 0.5) is 0 Å². The van der Waals surface area contributed by atoms with Gasteiger partial charge < -0.3 is 10.2 Å². The summed E-state index contributed by atoms with van der Waals surface area (Å²) < 4.78 is 0. The highest BCUT2D eigenvalue weighted by molar-refractivity contribution is 5.79. The number of rotatable bonds is 5. The zero-order valence-electron chi connectivity index (χ0n) is 12.5. The van der Waals surface area contributed by atoms with E-state index >= 15 is 0 Å². The summed E-state index contributed by atoms with van der Waals surface area (Å²) in [4.78, 5) is 17.0. The second-order valence-corrected chi connectivity index (χ2v) is 6.03. The van der Waals surface area contributed by atoms with E-state index in [1.807, 2.05) is 6.92 Å². The van der Waals surface area contributed by atoms with Gasteiger partial charge in [-0.3, -0.25) is 9.69 Å². The molecule has 0 aromatic rings. The topological polar surface area (TPSA) is 35.6 Å². The van der Waals surface area contributed by atoms with E-state index in [1.165, 1.54) is 38.8 Å². The fraction of sp³-hybridized carbons (Fsp3) is 0.933. The normalized spacial score (nSPS) is 26.6. The Kier molecular flexibility index (Phi) is 5.64. The van der Waals surface area contributed by atoms with Crippen LogP contribution in [0.1, 0.15) is 39.5 Å². The number of nitrogens with one attached hydrogen (secondary N) is 1. The number of carbonyl (C=O) groups excluding carboxylic acids is 1. The van der Waals surface area contributed by atoms with Crippen LogP contribution < -0.4 is 5.32 Å². The Morgan fingerprint density at radius 1 is 1.26 bits per heavy atom. The van der Waals surface area contributed by atoms with Crippen molar-refractivity contribution in [3.05, 3.63) is 0 Å². The Bertz CT molecular complexity index is 289. The molecular weight excluding hydrogens is 238 g/mol. The second kappa shape index (κ2) is 7.25. The molecule has 2 aliphatic heterocycles. The fourth-order valence-electron chi connectivity index (χ4n) is 3.28. The van der Waals surface area contributed by atoms with Gasteiger partial charge in [-0.2, -0.15) is 0 Å². The van der Waals surface area contributed by atoms with Gasteiger partial charge in [0, 0.05) is 31.6 Å². The molecule has 19 heavy (non-hydrogen) atoms. The van der Waals surface area contributed by atoms with Crippen molar-refractivity contribution < 1.29 is 4.79 Å². The standard InChI is InChI=1S/C15H29N3O/c1-3-16-11-13(2)15(19)18-10-7-14(12-18)17-8-5-4-6-9-17/h13-14,16H,3-12H2,1-2H3. The first-order valence-corrected chi connectivity index (χ1v) is 7.96. The van der Waals surface area contributed by atoms with E-state index in [0.29, 0.717) is 11.9 Å². The average molecular weight is 267 g/mol. The Morgan fingerprint density at radius 3 is 2.68 bits per heavy atom. The molecule has 0 saturated carbocycles. The van der Waals surface area contributed by atoms with Crippen molar-refractivity contribution in [3.8, 4) is 0 Å². The first-order valence-electron chi connectivity index (χ1n) is 7.96. The van der Waals surface area contributed by atoms with Gasteiger partial charge >= 0.3 is 0 Å². The third-order valence-corrected chi connectivity index (χ3v) is 4.50. The van der Waals surface area contributed by atoms with Crippen LogP contribution in [0.15, 0.2) is 0 Å². The lowest BCUT2D eigenvalue weighted by atomic mass is 10.1. The minimum absolute atomic E-state index is 0.111. The zero-order chi connectivity index (χ0) is 13.7. The molecule has 2 aliphatic rings. The maximum Gasteiger partial charge on any atom is 0.226 e. The van der Waals surface area contributed by atoms with Crippen LogP contribution >= 0.6 is 0 Å². The number of hydrogen-bond donors (Lipinski definition) is 1. The highest BCUT2D eigenvalue weighted by atomic mass is 16.2. The van der Waals surface area contributed by atoms with E-state index in [1.54, 1.807) is 0 Å². The minimum atomic E-state index is 0.111. The largest absolute Gasteiger partial charge is 0.341 e. The predicted molar refractivity (Wildman–Crippen MR) is 78.1 cm³/mol. The average Bonchev–Trinajstić information content (AvgIpc) is 2.94. The summed E-state index contributed by atoms with van der Waals surface area (Å²) in [5, 5.41) is 3.27. The summed E-state index contributed by atoms with van der Waals surface area (Å²) in [7, 11) is 0. The summed E-state index contributed by atoms with van der Waals surface area (Å²) in [5.41, 5.74) is 0. The van der Waals surface area contributed by atoms with Gasteiger partial charge in [-0.25, -0.2) is 0 Å². The number of amides is 1. The van der Waals surface area contributed by atoms with Crippen LogP contribution in [-0.4, -0.2) is 61.0 Å². The Labute approximate surface area is 117 Å². The molecule has 2 saturated heterocycles. The minimum Gasteiger partial charge on any atom is -0.341 e. The van der Waals surface area contributed by atoms with Crippen LogP contribution in [0.3, 0.4) is 0 Å². The van der Waals surface area contributed by atoms with E-state index in [0.717, 1.165) is 26.2 Å².